The maximum atomic E-state index is 12.8. The van der Waals surface area contributed by atoms with Gasteiger partial charge in [0.05, 0.1) is 10.9 Å². The van der Waals surface area contributed by atoms with Gasteiger partial charge in [-0.15, -0.1) is 0 Å². The summed E-state index contributed by atoms with van der Waals surface area (Å²) in [6.07, 6.45) is 1.75. The molecule has 28 heavy (non-hydrogen) atoms. The van der Waals surface area contributed by atoms with Crippen LogP contribution in [0.5, 0.6) is 0 Å². The molecule has 1 heterocycles. The molecule has 2 aromatic carbocycles. The summed E-state index contributed by atoms with van der Waals surface area (Å²) in [6.45, 7) is 1.90. The number of nitrogens with one attached hydrogen (secondary N) is 1. The SMILES string of the molecule is CC(c1cc2ccccc2o1)N(C)C(=O)c1ccc(S(=O)(=O)NC2CC2)cc1. The van der Waals surface area contributed by atoms with Crippen molar-refractivity contribution >= 4 is 26.9 Å². The van der Waals surface area contributed by atoms with Crippen LogP contribution in [-0.2, 0) is 10.0 Å². The zero-order valence-corrected chi connectivity index (χ0v) is 16.6. The number of furan rings is 1. The second-order valence-corrected chi connectivity index (χ2v) is 8.91. The molecule has 6 nitrogen and oxygen atoms in total. The Hall–Kier alpha value is -2.64. The standard InChI is InChI=1S/C21H22N2O4S/c1-14(20-13-16-5-3-4-6-19(16)27-20)23(2)21(24)15-7-11-18(12-8-15)28(25,26)22-17-9-10-17/h3-8,11-14,17,22H,9-10H2,1-2H3. The number of amides is 1. The zero-order valence-electron chi connectivity index (χ0n) is 15.8. The Morgan fingerprint density at radius 2 is 1.82 bits per heavy atom. The van der Waals surface area contributed by atoms with E-state index in [2.05, 4.69) is 4.72 Å². The molecule has 1 N–H and O–H groups in total. The molecule has 0 spiro atoms. The van der Waals surface area contributed by atoms with E-state index in [1.807, 2.05) is 37.3 Å². The number of nitrogens with zero attached hydrogens (tertiary/aromatic N) is 1. The maximum absolute atomic E-state index is 12.8. The molecule has 1 atom stereocenters. The Morgan fingerprint density at radius 3 is 2.46 bits per heavy atom. The van der Waals surface area contributed by atoms with Crippen molar-refractivity contribution in [1.82, 2.24) is 9.62 Å². The summed E-state index contributed by atoms with van der Waals surface area (Å²) < 4.78 is 33.0. The van der Waals surface area contributed by atoms with Gasteiger partial charge >= 0.3 is 0 Å². The molecule has 7 heteroatoms. The minimum absolute atomic E-state index is 0.0436. The first-order chi connectivity index (χ1) is 13.3. The third-order valence-corrected chi connectivity index (χ3v) is 6.60. The lowest BCUT2D eigenvalue weighted by Crippen LogP contribution is -2.29. The average molecular weight is 398 g/mol. The predicted molar refractivity (Wildman–Crippen MR) is 107 cm³/mol. The topological polar surface area (TPSA) is 79.6 Å². The van der Waals surface area contributed by atoms with Crippen LogP contribution in [0.2, 0.25) is 0 Å². The molecular weight excluding hydrogens is 376 g/mol. The van der Waals surface area contributed by atoms with E-state index in [1.165, 1.54) is 12.1 Å². The second kappa shape index (κ2) is 7.07. The summed E-state index contributed by atoms with van der Waals surface area (Å²) in [5.41, 5.74) is 1.21. The molecule has 4 rings (SSSR count). The van der Waals surface area contributed by atoms with Crippen LogP contribution in [0.3, 0.4) is 0 Å². The van der Waals surface area contributed by atoms with Crippen LogP contribution in [0.15, 0.2) is 63.9 Å². The van der Waals surface area contributed by atoms with Gasteiger partial charge in [0, 0.05) is 24.0 Å². The maximum Gasteiger partial charge on any atom is 0.254 e. The monoisotopic (exact) mass is 398 g/mol. The largest absolute Gasteiger partial charge is 0.459 e. The lowest BCUT2D eigenvalue weighted by atomic mass is 10.1. The molecule has 1 aromatic heterocycles. The number of hydrogen-bond donors (Lipinski definition) is 1. The van der Waals surface area contributed by atoms with E-state index in [0.717, 1.165) is 23.8 Å². The Morgan fingerprint density at radius 1 is 1.14 bits per heavy atom. The van der Waals surface area contributed by atoms with Crippen molar-refractivity contribution in [3.63, 3.8) is 0 Å². The summed E-state index contributed by atoms with van der Waals surface area (Å²) in [7, 11) is -1.82. The van der Waals surface area contributed by atoms with Crippen LogP contribution in [0.4, 0.5) is 0 Å². The highest BCUT2D eigenvalue weighted by Crippen LogP contribution is 2.28. The van der Waals surface area contributed by atoms with Crippen LogP contribution >= 0.6 is 0 Å². The molecule has 0 bridgehead atoms. The number of hydrogen-bond acceptors (Lipinski definition) is 4. The first-order valence-electron chi connectivity index (χ1n) is 9.23. The quantitative estimate of drug-likeness (QED) is 0.686. The molecule has 3 aromatic rings. The van der Waals surface area contributed by atoms with Crippen molar-refractivity contribution < 1.29 is 17.6 Å². The number of carbonyl (C=O) groups excluding carboxylic acids is 1. The highest BCUT2D eigenvalue weighted by molar-refractivity contribution is 7.89. The van der Waals surface area contributed by atoms with E-state index in [1.54, 1.807) is 24.1 Å². The highest BCUT2D eigenvalue weighted by Gasteiger charge is 2.28. The van der Waals surface area contributed by atoms with Crippen molar-refractivity contribution in [3.05, 3.63) is 65.9 Å². The Labute approximate surface area is 164 Å². The van der Waals surface area contributed by atoms with Crippen molar-refractivity contribution in [2.75, 3.05) is 7.05 Å². The van der Waals surface area contributed by atoms with Gasteiger partial charge in [0.2, 0.25) is 10.0 Å². The van der Waals surface area contributed by atoms with Crippen LogP contribution in [-0.4, -0.2) is 32.3 Å². The van der Waals surface area contributed by atoms with E-state index in [4.69, 9.17) is 4.42 Å². The van der Waals surface area contributed by atoms with Gasteiger partial charge in [-0.2, -0.15) is 0 Å². The van der Waals surface area contributed by atoms with E-state index in [0.29, 0.717) is 11.3 Å². The number of benzene rings is 2. The van der Waals surface area contributed by atoms with Crippen molar-refractivity contribution in [2.24, 2.45) is 0 Å². The number of rotatable bonds is 6. The molecule has 1 fully saturated rings. The van der Waals surface area contributed by atoms with Crippen LogP contribution in [0, 0.1) is 0 Å². The van der Waals surface area contributed by atoms with Gasteiger partial charge in [-0.05, 0) is 56.2 Å². The summed E-state index contributed by atoms with van der Waals surface area (Å²) in [5, 5.41) is 0.989. The molecule has 1 aliphatic carbocycles. The van der Waals surface area contributed by atoms with Crippen LogP contribution in [0.25, 0.3) is 11.0 Å². The molecule has 0 saturated heterocycles. The fourth-order valence-corrected chi connectivity index (χ4v) is 4.35. The zero-order chi connectivity index (χ0) is 19.9. The first-order valence-corrected chi connectivity index (χ1v) is 10.7. The van der Waals surface area contributed by atoms with Gasteiger partial charge in [-0.3, -0.25) is 4.79 Å². The van der Waals surface area contributed by atoms with Gasteiger partial charge in [-0.1, -0.05) is 18.2 Å². The molecule has 1 amide bonds. The van der Waals surface area contributed by atoms with Crippen molar-refractivity contribution in [2.45, 2.75) is 36.7 Å². The minimum atomic E-state index is -3.52. The van der Waals surface area contributed by atoms with Crippen LogP contribution in [0.1, 0.15) is 41.9 Å². The Balaban J connectivity index is 1.51. The number of para-hydroxylation sites is 1. The molecule has 0 aliphatic heterocycles. The molecule has 146 valence electrons. The van der Waals surface area contributed by atoms with E-state index >= 15 is 0 Å². The number of fused-ring (bicyclic) bond motifs is 1. The van der Waals surface area contributed by atoms with Crippen molar-refractivity contribution in [1.29, 1.82) is 0 Å². The van der Waals surface area contributed by atoms with E-state index in [-0.39, 0.29) is 22.9 Å². The van der Waals surface area contributed by atoms with Gasteiger partial charge in [0.15, 0.2) is 0 Å². The highest BCUT2D eigenvalue weighted by atomic mass is 32.2. The molecular formula is C21H22N2O4S. The second-order valence-electron chi connectivity index (χ2n) is 7.20. The van der Waals surface area contributed by atoms with Gasteiger partial charge in [0.25, 0.3) is 5.91 Å². The lowest BCUT2D eigenvalue weighted by molar-refractivity contribution is 0.0727. The Kier molecular flexibility index (Phi) is 4.72. The van der Waals surface area contributed by atoms with Gasteiger partial charge < -0.3 is 9.32 Å². The van der Waals surface area contributed by atoms with Gasteiger partial charge in [0.1, 0.15) is 11.3 Å². The number of sulfonamides is 1. The van der Waals surface area contributed by atoms with Gasteiger partial charge in [-0.25, -0.2) is 13.1 Å². The summed E-state index contributed by atoms with van der Waals surface area (Å²) in [4.78, 5) is 14.6. The van der Waals surface area contributed by atoms with Crippen LogP contribution < -0.4 is 4.72 Å². The molecule has 1 aliphatic rings. The van der Waals surface area contributed by atoms with Crippen molar-refractivity contribution in [3.8, 4) is 0 Å². The number of carbonyl (C=O) groups is 1. The fraction of sp³-hybridized carbons (Fsp3) is 0.286. The summed E-state index contributed by atoms with van der Waals surface area (Å²) in [5.74, 6) is 0.497. The molecule has 0 radical (unpaired) electrons. The Bertz CT molecular complexity index is 1080. The summed E-state index contributed by atoms with van der Waals surface area (Å²) in [6, 6.07) is 15.4. The molecule has 1 saturated carbocycles. The van der Waals surface area contributed by atoms with E-state index in [9.17, 15) is 13.2 Å². The third-order valence-electron chi connectivity index (χ3n) is 5.07. The summed E-state index contributed by atoms with van der Waals surface area (Å²) >= 11 is 0. The minimum Gasteiger partial charge on any atom is -0.459 e. The lowest BCUT2D eigenvalue weighted by Gasteiger charge is -2.23. The third kappa shape index (κ3) is 3.68. The fourth-order valence-electron chi connectivity index (χ4n) is 3.04. The van der Waals surface area contributed by atoms with E-state index < -0.39 is 10.0 Å². The molecule has 1 unspecified atom stereocenters. The predicted octanol–water partition coefficient (Wildman–Crippen LogP) is 3.71. The normalized spacial score (nSPS) is 15.5. The smallest absolute Gasteiger partial charge is 0.254 e. The first kappa shape index (κ1) is 18.7. The average Bonchev–Trinajstić information content (AvgIpc) is 3.39.